The minimum Gasteiger partial charge on any atom is -0.356 e. The first-order valence-electron chi connectivity index (χ1n) is 11.8. The molecular weight excluding hydrogens is 404 g/mol. The molecule has 0 bridgehead atoms. The molecule has 2 fully saturated rings. The Bertz CT molecular complexity index is 806. The Morgan fingerprint density at radius 3 is 2.53 bits per heavy atom. The molecule has 2 aliphatic rings. The highest BCUT2D eigenvalue weighted by molar-refractivity contribution is 6.06. The maximum absolute atomic E-state index is 12.5. The van der Waals surface area contributed by atoms with Crippen LogP contribution in [0.2, 0.25) is 0 Å². The van der Waals surface area contributed by atoms with Crippen LogP contribution in [0.15, 0.2) is 35.3 Å². The van der Waals surface area contributed by atoms with Gasteiger partial charge in [-0.1, -0.05) is 37.3 Å². The highest BCUT2D eigenvalue weighted by Crippen LogP contribution is 2.24. The third-order valence-corrected chi connectivity index (χ3v) is 6.83. The van der Waals surface area contributed by atoms with Crippen LogP contribution in [0.5, 0.6) is 0 Å². The second-order valence-electron chi connectivity index (χ2n) is 8.97. The van der Waals surface area contributed by atoms with Gasteiger partial charge in [0.25, 0.3) is 5.91 Å². The second-order valence-corrected chi connectivity index (χ2v) is 8.97. The van der Waals surface area contributed by atoms with E-state index in [2.05, 4.69) is 63.1 Å². The maximum Gasteiger partial charge on any atom is 0.325 e. The molecule has 0 aromatic heterocycles. The number of aliphatic imine (C=N–C) groups is 1. The zero-order valence-electron chi connectivity index (χ0n) is 19.9. The minimum absolute atomic E-state index is 0.135. The van der Waals surface area contributed by atoms with Crippen molar-refractivity contribution in [2.75, 3.05) is 33.2 Å². The van der Waals surface area contributed by atoms with E-state index >= 15 is 0 Å². The number of carbonyl (C=O) groups is 2. The molecule has 3 N–H and O–H groups in total. The van der Waals surface area contributed by atoms with Crippen molar-refractivity contribution in [1.29, 1.82) is 0 Å². The molecule has 3 rings (SSSR count). The lowest BCUT2D eigenvalue weighted by atomic mass is 9.99. The number of urea groups is 1. The highest BCUT2D eigenvalue weighted by atomic mass is 16.2. The number of nitrogens with one attached hydrogen (secondary N) is 3. The van der Waals surface area contributed by atoms with Crippen LogP contribution in [0, 0.1) is 0 Å². The van der Waals surface area contributed by atoms with Gasteiger partial charge >= 0.3 is 6.03 Å². The quantitative estimate of drug-likeness (QED) is 0.249. The molecule has 0 aliphatic carbocycles. The predicted molar refractivity (Wildman–Crippen MR) is 128 cm³/mol. The maximum atomic E-state index is 12.5. The standard InChI is InChI=1S/C24H38N6O2/c1-5-24(3)21(31)30(23(32)28-24)15-9-14-26-22(25-4)27-20-12-16-29(17-13-20)18(2)19-10-7-6-8-11-19/h6-8,10-11,18,20H,5,9,12-17H2,1-4H3,(H,28,32)(H2,25,26,27). The van der Waals surface area contributed by atoms with Gasteiger partial charge in [0.15, 0.2) is 5.96 Å². The van der Waals surface area contributed by atoms with Crippen LogP contribution >= 0.6 is 0 Å². The van der Waals surface area contributed by atoms with Crippen LogP contribution in [0.3, 0.4) is 0 Å². The molecule has 176 valence electrons. The first kappa shape index (κ1) is 24.0. The van der Waals surface area contributed by atoms with Gasteiger partial charge in [-0.25, -0.2) is 4.79 Å². The first-order chi connectivity index (χ1) is 15.4. The van der Waals surface area contributed by atoms with Gasteiger partial charge in [0.05, 0.1) is 0 Å². The summed E-state index contributed by atoms with van der Waals surface area (Å²) in [5, 5.41) is 9.64. The summed E-state index contributed by atoms with van der Waals surface area (Å²) < 4.78 is 0. The van der Waals surface area contributed by atoms with Gasteiger partial charge in [-0.05, 0) is 45.1 Å². The van der Waals surface area contributed by atoms with Gasteiger partial charge in [0.2, 0.25) is 0 Å². The van der Waals surface area contributed by atoms with Crippen LogP contribution in [0.25, 0.3) is 0 Å². The van der Waals surface area contributed by atoms with Crippen molar-refractivity contribution < 1.29 is 9.59 Å². The van der Waals surface area contributed by atoms with Gasteiger partial charge in [-0.3, -0.25) is 19.6 Å². The second kappa shape index (κ2) is 10.8. The van der Waals surface area contributed by atoms with E-state index in [1.807, 2.05) is 6.92 Å². The van der Waals surface area contributed by atoms with Crippen LogP contribution < -0.4 is 16.0 Å². The van der Waals surface area contributed by atoms with Crippen LogP contribution in [0.4, 0.5) is 4.79 Å². The Morgan fingerprint density at radius 1 is 1.25 bits per heavy atom. The number of hydrogen-bond donors (Lipinski definition) is 3. The smallest absolute Gasteiger partial charge is 0.325 e. The molecule has 32 heavy (non-hydrogen) atoms. The van der Waals surface area contributed by atoms with Crippen LogP contribution in [-0.4, -0.2) is 72.5 Å². The summed E-state index contributed by atoms with van der Waals surface area (Å²) in [6, 6.07) is 11.2. The summed E-state index contributed by atoms with van der Waals surface area (Å²) >= 11 is 0. The zero-order chi connectivity index (χ0) is 23.1. The van der Waals surface area contributed by atoms with E-state index < -0.39 is 5.54 Å². The molecule has 2 atom stereocenters. The fraction of sp³-hybridized carbons (Fsp3) is 0.625. The Labute approximate surface area is 191 Å². The number of guanidine groups is 1. The van der Waals surface area contributed by atoms with E-state index in [4.69, 9.17) is 0 Å². The molecule has 3 amide bonds. The third-order valence-electron chi connectivity index (χ3n) is 6.83. The van der Waals surface area contributed by atoms with E-state index in [9.17, 15) is 9.59 Å². The molecule has 0 saturated carbocycles. The molecule has 8 nitrogen and oxygen atoms in total. The zero-order valence-corrected chi connectivity index (χ0v) is 19.9. The number of benzene rings is 1. The fourth-order valence-electron chi connectivity index (χ4n) is 4.40. The number of amides is 3. The Morgan fingerprint density at radius 2 is 1.94 bits per heavy atom. The summed E-state index contributed by atoms with van der Waals surface area (Å²) in [5.74, 6) is 0.638. The van der Waals surface area contributed by atoms with E-state index in [-0.39, 0.29) is 11.9 Å². The average Bonchev–Trinajstić information content (AvgIpc) is 3.04. The number of rotatable bonds is 8. The molecule has 0 spiro atoms. The average molecular weight is 443 g/mol. The van der Waals surface area contributed by atoms with Crippen molar-refractivity contribution in [3.8, 4) is 0 Å². The molecular formula is C24H38N6O2. The largest absolute Gasteiger partial charge is 0.356 e. The number of likely N-dealkylation sites (tertiary alicyclic amines) is 1. The van der Waals surface area contributed by atoms with Gasteiger partial charge < -0.3 is 16.0 Å². The topological polar surface area (TPSA) is 89.1 Å². The summed E-state index contributed by atoms with van der Waals surface area (Å²) in [7, 11) is 1.77. The SMILES string of the molecule is CCC1(C)NC(=O)N(CCCNC(=NC)NC2CCN(C(C)c3ccccc3)CC2)C1=O. The Balaban J connectivity index is 1.38. The van der Waals surface area contributed by atoms with Crippen molar-refractivity contribution in [3.63, 3.8) is 0 Å². The van der Waals surface area contributed by atoms with Gasteiger partial charge in [0.1, 0.15) is 5.54 Å². The predicted octanol–water partition coefficient (Wildman–Crippen LogP) is 2.49. The van der Waals surface area contributed by atoms with Crippen LogP contribution in [0.1, 0.15) is 58.1 Å². The number of imide groups is 1. The number of nitrogens with zero attached hydrogens (tertiary/aromatic N) is 3. The van der Waals surface area contributed by atoms with Crippen LogP contribution in [-0.2, 0) is 4.79 Å². The molecule has 1 aromatic carbocycles. The molecule has 0 radical (unpaired) electrons. The monoisotopic (exact) mass is 442 g/mol. The molecule has 2 unspecified atom stereocenters. The van der Waals surface area contributed by atoms with Crippen molar-refractivity contribution in [2.24, 2.45) is 4.99 Å². The van der Waals surface area contributed by atoms with Crippen molar-refractivity contribution in [3.05, 3.63) is 35.9 Å². The Hall–Kier alpha value is -2.61. The van der Waals surface area contributed by atoms with Gasteiger partial charge in [-0.15, -0.1) is 0 Å². The number of piperidine rings is 1. The van der Waals surface area contributed by atoms with Gasteiger partial charge in [-0.2, -0.15) is 0 Å². The van der Waals surface area contributed by atoms with E-state index in [0.717, 1.165) is 31.9 Å². The van der Waals surface area contributed by atoms with Crippen molar-refractivity contribution >= 4 is 17.9 Å². The highest BCUT2D eigenvalue weighted by Gasteiger charge is 2.45. The third kappa shape index (κ3) is 5.59. The lowest BCUT2D eigenvalue weighted by Crippen LogP contribution is -2.49. The molecule has 8 heteroatoms. The van der Waals surface area contributed by atoms with E-state index in [1.54, 1.807) is 14.0 Å². The molecule has 1 aromatic rings. The number of hydrogen-bond acceptors (Lipinski definition) is 4. The first-order valence-corrected chi connectivity index (χ1v) is 11.8. The van der Waals surface area contributed by atoms with E-state index in [0.29, 0.717) is 38.0 Å². The lowest BCUT2D eigenvalue weighted by Gasteiger charge is -2.37. The van der Waals surface area contributed by atoms with Crippen molar-refractivity contribution in [2.45, 2.75) is 64.1 Å². The minimum atomic E-state index is -0.769. The molecule has 2 aliphatic heterocycles. The number of carbonyl (C=O) groups excluding carboxylic acids is 2. The van der Waals surface area contributed by atoms with Gasteiger partial charge in [0, 0.05) is 45.3 Å². The lowest BCUT2D eigenvalue weighted by molar-refractivity contribution is -0.130. The Kier molecular flexibility index (Phi) is 8.12. The van der Waals surface area contributed by atoms with Crippen molar-refractivity contribution in [1.82, 2.24) is 25.8 Å². The summed E-state index contributed by atoms with van der Waals surface area (Å²) in [6.45, 7) is 9.11. The van der Waals surface area contributed by atoms with E-state index in [1.165, 1.54) is 10.5 Å². The summed E-state index contributed by atoms with van der Waals surface area (Å²) in [5.41, 5.74) is 0.593. The fourth-order valence-corrected chi connectivity index (χ4v) is 4.40. The summed E-state index contributed by atoms with van der Waals surface area (Å²) in [6.07, 6.45) is 3.39. The molecule has 2 saturated heterocycles. The molecule has 2 heterocycles. The normalized spacial score (nSPS) is 23.9. The summed E-state index contributed by atoms with van der Waals surface area (Å²) in [4.78, 5) is 32.8.